The number of rotatable bonds is 5. The van der Waals surface area contributed by atoms with Crippen molar-refractivity contribution in [2.45, 2.75) is 69.4 Å². The second-order valence-corrected chi connectivity index (χ2v) is 9.82. The average molecular weight is 458 g/mol. The molecule has 176 valence electrons. The number of carbonyl (C=O) groups is 1. The summed E-state index contributed by atoms with van der Waals surface area (Å²) in [4.78, 5) is 24.9. The largest absolute Gasteiger partial charge is 0.367 e. The van der Waals surface area contributed by atoms with Gasteiger partial charge in [-0.05, 0) is 63.3 Å². The van der Waals surface area contributed by atoms with E-state index >= 15 is 0 Å². The Kier molecular flexibility index (Phi) is 5.55. The molecule has 5 atom stereocenters. The molecule has 0 saturated carbocycles. The quantitative estimate of drug-likeness (QED) is 0.466. The van der Waals surface area contributed by atoms with Gasteiger partial charge in [0, 0.05) is 47.4 Å². The van der Waals surface area contributed by atoms with Crippen molar-refractivity contribution in [3.8, 4) is 0 Å². The molecule has 3 saturated heterocycles. The number of piperidine rings is 1. The molecule has 3 aromatic rings. The first kappa shape index (κ1) is 21.3. The topological polar surface area (TPSA) is 94.2 Å². The summed E-state index contributed by atoms with van der Waals surface area (Å²) in [7, 11) is 0. The SMILES string of the molecule is CC1CC(Nc2cc3ncccc3c(NC3C[C@H]4CC[C@@H](C3)N4C(=O)c3ccccc3)n2)NN1. The van der Waals surface area contributed by atoms with Crippen molar-refractivity contribution in [2.75, 3.05) is 10.6 Å². The van der Waals surface area contributed by atoms with Crippen molar-refractivity contribution >= 4 is 28.4 Å². The van der Waals surface area contributed by atoms with Crippen LogP contribution in [-0.4, -0.2) is 51.1 Å². The highest BCUT2D eigenvalue weighted by molar-refractivity contribution is 5.95. The third-order valence-electron chi connectivity index (χ3n) is 7.34. The first-order chi connectivity index (χ1) is 16.6. The summed E-state index contributed by atoms with van der Waals surface area (Å²) in [5, 5.41) is 8.25. The molecule has 8 heteroatoms. The summed E-state index contributed by atoms with van der Waals surface area (Å²) in [6.45, 7) is 2.15. The Labute approximate surface area is 199 Å². The number of carbonyl (C=O) groups excluding carboxylic acids is 1. The molecular weight excluding hydrogens is 426 g/mol. The monoisotopic (exact) mass is 457 g/mol. The van der Waals surface area contributed by atoms with Gasteiger partial charge in [0.2, 0.25) is 0 Å². The molecule has 0 radical (unpaired) electrons. The second kappa shape index (κ2) is 8.85. The predicted molar refractivity (Wildman–Crippen MR) is 133 cm³/mol. The zero-order chi connectivity index (χ0) is 23.1. The van der Waals surface area contributed by atoms with Gasteiger partial charge in [0.25, 0.3) is 5.91 Å². The first-order valence-electron chi connectivity index (χ1n) is 12.3. The van der Waals surface area contributed by atoms with Crippen LogP contribution in [0.2, 0.25) is 0 Å². The number of hydrazine groups is 1. The fourth-order valence-electron chi connectivity index (χ4n) is 5.80. The van der Waals surface area contributed by atoms with Gasteiger partial charge in [-0.1, -0.05) is 18.2 Å². The number of fused-ring (bicyclic) bond motifs is 3. The number of pyridine rings is 2. The fourth-order valence-corrected chi connectivity index (χ4v) is 5.80. The maximum Gasteiger partial charge on any atom is 0.254 e. The molecule has 1 aromatic carbocycles. The molecule has 0 spiro atoms. The van der Waals surface area contributed by atoms with E-state index in [-0.39, 0.29) is 30.2 Å². The number of nitrogens with one attached hydrogen (secondary N) is 4. The van der Waals surface area contributed by atoms with Crippen molar-refractivity contribution in [1.29, 1.82) is 0 Å². The number of benzene rings is 1. The van der Waals surface area contributed by atoms with Crippen molar-refractivity contribution in [3.63, 3.8) is 0 Å². The molecule has 0 aliphatic carbocycles. The molecule has 34 heavy (non-hydrogen) atoms. The number of nitrogens with zero attached hydrogens (tertiary/aromatic N) is 3. The number of aromatic nitrogens is 2. The molecule has 3 aliphatic heterocycles. The molecule has 2 aromatic heterocycles. The van der Waals surface area contributed by atoms with Crippen LogP contribution in [0.5, 0.6) is 0 Å². The van der Waals surface area contributed by atoms with E-state index in [9.17, 15) is 4.79 Å². The van der Waals surface area contributed by atoms with Crippen LogP contribution in [0, 0.1) is 0 Å². The third kappa shape index (κ3) is 4.08. The van der Waals surface area contributed by atoms with Crippen LogP contribution in [0.1, 0.15) is 49.4 Å². The van der Waals surface area contributed by atoms with Gasteiger partial charge in [0.1, 0.15) is 11.6 Å². The zero-order valence-corrected chi connectivity index (χ0v) is 19.4. The first-order valence-corrected chi connectivity index (χ1v) is 12.3. The molecule has 3 fully saturated rings. The molecular formula is C26H31N7O. The molecule has 4 N–H and O–H groups in total. The van der Waals surface area contributed by atoms with Gasteiger partial charge in [-0.15, -0.1) is 0 Å². The van der Waals surface area contributed by atoms with Crippen molar-refractivity contribution in [3.05, 3.63) is 60.3 Å². The van der Waals surface area contributed by atoms with Gasteiger partial charge in [-0.2, -0.15) is 0 Å². The molecule has 5 heterocycles. The minimum atomic E-state index is 0.125. The second-order valence-electron chi connectivity index (χ2n) is 9.82. The van der Waals surface area contributed by atoms with Crippen LogP contribution in [0.3, 0.4) is 0 Å². The lowest BCUT2D eigenvalue weighted by Gasteiger charge is -2.39. The van der Waals surface area contributed by atoms with E-state index < -0.39 is 0 Å². The highest BCUT2D eigenvalue weighted by Crippen LogP contribution is 2.38. The number of hydrogen-bond acceptors (Lipinski definition) is 7. The van der Waals surface area contributed by atoms with E-state index in [2.05, 4.69) is 44.4 Å². The zero-order valence-electron chi connectivity index (χ0n) is 19.4. The lowest BCUT2D eigenvalue weighted by Crippen LogP contribution is -2.49. The molecule has 6 rings (SSSR count). The van der Waals surface area contributed by atoms with Gasteiger partial charge < -0.3 is 15.5 Å². The molecule has 3 aliphatic rings. The summed E-state index contributed by atoms with van der Waals surface area (Å²) >= 11 is 0. The fraction of sp³-hybridized carbons (Fsp3) is 0.423. The van der Waals surface area contributed by atoms with E-state index in [0.717, 1.165) is 60.2 Å². The van der Waals surface area contributed by atoms with Crippen molar-refractivity contribution < 1.29 is 4.79 Å². The normalized spacial score (nSPS) is 28.3. The van der Waals surface area contributed by atoms with E-state index in [1.165, 1.54) is 0 Å². The Balaban J connectivity index is 1.21. The minimum Gasteiger partial charge on any atom is -0.367 e. The van der Waals surface area contributed by atoms with Crippen LogP contribution < -0.4 is 21.5 Å². The number of anilines is 2. The molecule has 1 amide bonds. The third-order valence-corrected chi connectivity index (χ3v) is 7.34. The summed E-state index contributed by atoms with van der Waals surface area (Å²) < 4.78 is 0. The summed E-state index contributed by atoms with van der Waals surface area (Å²) in [5.74, 6) is 1.83. The summed E-state index contributed by atoms with van der Waals surface area (Å²) in [5.41, 5.74) is 8.22. The summed E-state index contributed by atoms with van der Waals surface area (Å²) in [6.07, 6.45) is 6.92. The van der Waals surface area contributed by atoms with Crippen LogP contribution >= 0.6 is 0 Å². The standard InChI is InChI=1S/C26H31N7O/c1-16-12-24(32-31-16)29-23-15-22-21(8-5-11-27-22)25(30-23)28-18-13-19-9-10-20(14-18)33(19)26(34)17-6-3-2-4-7-17/h2-8,11,15-16,18-20,24,31-32H,9-10,12-14H2,1H3,(H2,28,29,30)/t16?,18?,19-,20+,24?. The molecule has 2 bridgehead atoms. The van der Waals surface area contributed by atoms with Gasteiger partial charge in [0.05, 0.1) is 11.7 Å². The lowest BCUT2D eigenvalue weighted by molar-refractivity contribution is 0.0583. The van der Waals surface area contributed by atoms with E-state index in [1.807, 2.05) is 48.7 Å². The van der Waals surface area contributed by atoms with Gasteiger partial charge in [-0.25, -0.2) is 10.4 Å². The predicted octanol–water partition coefficient (Wildman–Crippen LogP) is 3.50. The Morgan fingerprint density at radius 2 is 1.79 bits per heavy atom. The van der Waals surface area contributed by atoms with Gasteiger partial charge >= 0.3 is 0 Å². The van der Waals surface area contributed by atoms with Crippen molar-refractivity contribution in [2.24, 2.45) is 0 Å². The Hall–Kier alpha value is -3.23. The number of amides is 1. The van der Waals surface area contributed by atoms with Crippen LogP contribution in [0.4, 0.5) is 11.6 Å². The maximum absolute atomic E-state index is 13.2. The van der Waals surface area contributed by atoms with Gasteiger partial charge in [0.15, 0.2) is 0 Å². The van der Waals surface area contributed by atoms with Crippen molar-refractivity contribution in [1.82, 2.24) is 25.7 Å². The van der Waals surface area contributed by atoms with E-state index in [4.69, 9.17) is 4.98 Å². The van der Waals surface area contributed by atoms with E-state index in [0.29, 0.717) is 6.04 Å². The minimum absolute atomic E-state index is 0.125. The van der Waals surface area contributed by atoms with Crippen LogP contribution in [-0.2, 0) is 0 Å². The summed E-state index contributed by atoms with van der Waals surface area (Å²) in [6, 6.07) is 16.9. The lowest BCUT2D eigenvalue weighted by atomic mass is 9.96. The highest BCUT2D eigenvalue weighted by atomic mass is 16.2. The molecule has 8 nitrogen and oxygen atoms in total. The smallest absolute Gasteiger partial charge is 0.254 e. The van der Waals surface area contributed by atoms with Crippen LogP contribution in [0.25, 0.3) is 10.9 Å². The highest BCUT2D eigenvalue weighted by Gasteiger charge is 2.43. The Bertz CT molecular complexity index is 1170. The Morgan fingerprint density at radius 3 is 2.53 bits per heavy atom. The molecule has 3 unspecified atom stereocenters. The Morgan fingerprint density at radius 1 is 1.00 bits per heavy atom. The average Bonchev–Trinajstić information content (AvgIpc) is 3.38. The number of hydrogen-bond donors (Lipinski definition) is 4. The van der Waals surface area contributed by atoms with E-state index in [1.54, 1.807) is 0 Å². The van der Waals surface area contributed by atoms with Crippen LogP contribution in [0.15, 0.2) is 54.7 Å². The maximum atomic E-state index is 13.2. The van der Waals surface area contributed by atoms with Gasteiger partial charge in [-0.3, -0.25) is 15.2 Å².